The lowest BCUT2D eigenvalue weighted by Crippen LogP contribution is -2.19. The number of aryl methyl sites for hydroxylation is 1. The molecule has 0 aliphatic heterocycles. The third-order valence-corrected chi connectivity index (χ3v) is 3.29. The Kier molecular flexibility index (Phi) is 3.70. The summed E-state index contributed by atoms with van der Waals surface area (Å²) in [7, 11) is 1.75. The smallest absolute Gasteiger partial charge is 0.250 e. The molecule has 0 aliphatic rings. The molecule has 0 fully saturated rings. The Labute approximate surface area is 117 Å². The normalized spacial score (nSPS) is 10.4. The average Bonchev–Trinajstić information content (AvgIpc) is 2.37. The summed E-state index contributed by atoms with van der Waals surface area (Å²) in [5, 5.41) is 2.63. The van der Waals surface area contributed by atoms with Gasteiger partial charge in [0.15, 0.2) is 0 Å². The Morgan fingerprint density at radius 3 is 2.55 bits per heavy atom. The number of hydrogen-bond acceptors (Lipinski definition) is 3. The minimum Gasteiger partial charge on any atom is -0.315 e. The van der Waals surface area contributed by atoms with E-state index in [4.69, 9.17) is 0 Å². The van der Waals surface area contributed by atoms with Crippen LogP contribution in [0.2, 0.25) is 0 Å². The fraction of sp³-hybridized carbons (Fsp3) is 0.267. The topological polar surface area (TPSA) is 64.0 Å². The molecule has 0 atom stereocenters. The molecule has 5 nitrogen and oxygen atoms in total. The van der Waals surface area contributed by atoms with Crippen LogP contribution in [0.4, 0.5) is 5.82 Å². The molecule has 104 valence electrons. The number of nitrogens with one attached hydrogen (secondary N) is 1. The van der Waals surface area contributed by atoms with Crippen molar-refractivity contribution in [2.24, 2.45) is 7.05 Å². The van der Waals surface area contributed by atoms with E-state index >= 15 is 0 Å². The summed E-state index contributed by atoms with van der Waals surface area (Å²) in [6.07, 6.45) is 1.70. The number of nitrogens with zero attached hydrogens (tertiary/aromatic N) is 2. The Bertz CT molecular complexity index is 715. The molecule has 2 rings (SSSR count). The second-order valence-electron chi connectivity index (χ2n) is 4.80. The molecule has 2 aromatic heterocycles. The number of hydrogen-bond donors (Lipinski definition) is 1. The van der Waals surface area contributed by atoms with Crippen molar-refractivity contribution in [3.8, 4) is 11.1 Å². The van der Waals surface area contributed by atoms with Gasteiger partial charge in [0.2, 0.25) is 5.91 Å². The Morgan fingerprint density at radius 1 is 1.30 bits per heavy atom. The maximum Gasteiger partial charge on any atom is 0.250 e. The first-order chi connectivity index (χ1) is 9.40. The molecule has 0 bridgehead atoms. The number of rotatable bonds is 2. The lowest BCUT2D eigenvalue weighted by molar-refractivity contribution is -0.114. The molecule has 1 amide bonds. The first-order valence-electron chi connectivity index (χ1n) is 6.31. The van der Waals surface area contributed by atoms with Crippen LogP contribution in [0, 0.1) is 13.8 Å². The van der Waals surface area contributed by atoms with Crippen molar-refractivity contribution in [2.45, 2.75) is 20.8 Å². The zero-order chi connectivity index (χ0) is 14.9. The van der Waals surface area contributed by atoms with Crippen LogP contribution in [0.15, 0.2) is 29.2 Å². The molecule has 2 heterocycles. The van der Waals surface area contributed by atoms with Gasteiger partial charge in [0, 0.05) is 43.1 Å². The molecule has 0 radical (unpaired) electrons. The summed E-state index contributed by atoms with van der Waals surface area (Å²) in [5.41, 5.74) is 3.70. The predicted molar refractivity (Wildman–Crippen MR) is 78.7 cm³/mol. The quantitative estimate of drug-likeness (QED) is 0.909. The molecule has 0 unspecified atom stereocenters. The van der Waals surface area contributed by atoms with E-state index in [1.807, 2.05) is 19.9 Å². The molecular weight excluding hydrogens is 254 g/mol. The lowest BCUT2D eigenvalue weighted by Gasteiger charge is -2.13. The predicted octanol–water partition coefficient (Wildman–Crippen LogP) is 2.02. The van der Waals surface area contributed by atoms with Crippen LogP contribution in [0.3, 0.4) is 0 Å². The molecule has 20 heavy (non-hydrogen) atoms. The second-order valence-corrected chi connectivity index (χ2v) is 4.80. The van der Waals surface area contributed by atoms with Crippen molar-refractivity contribution in [2.75, 3.05) is 5.32 Å². The van der Waals surface area contributed by atoms with E-state index in [1.54, 1.807) is 29.9 Å². The van der Waals surface area contributed by atoms with Gasteiger partial charge in [0.05, 0.1) is 0 Å². The van der Waals surface area contributed by atoms with E-state index in [-0.39, 0.29) is 11.5 Å². The van der Waals surface area contributed by atoms with Crippen LogP contribution in [0.5, 0.6) is 0 Å². The van der Waals surface area contributed by atoms with Crippen molar-refractivity contribution in [1.82, 2.24) is 9.55 Å². The van der Waals surface area contributed by atoms with Crippen LogP contribution < -0.4 is 10.9 Å². The van der Waals surface area contributed by atoms with E-state index < -0.39 is 0 Å². The monoisotopic (exact) mass is 271 g/mol. The van der Waals surface area contributed by atoms with Gasteiger partial charge < -0.3 is 9.88 Å². The molecule has 1 N–H and O–H groups in total. The molecular formula is C15H17N3O2. The Balaban J connectivity index is 2.50. The number of carbonyl (C=O) groups excluding carboxylic acids is 1. The van der Waals surface area contributed by atoms with Gasteiger partial charge in [-0.2, -0.15) is 0 Å². The zero-order valence-corrected chi connectivity index (χ0v) is 12.0. The average molecular weight is 271 g/mol. The summed E-state index contributed by atoms with van der Waals surface area (Å²) in [6.45, 7) is 5.26. The number of carbonyl (C=O) groups is 1. The van der Waals surface area contributed by atoms with Gasteiger partial charge in [-0.05, 0) is 31.5 Å². The first-order valence-corrected chi connectivity index (χ1v) is 6.31. The SMILES string of the molecule is CC(=O)Nc1ccc(-c2c(C)cc(=O)n(C)c2C)cn1. The van der Waals surface area contributed by atoms with E-state index in [0.717, 1.165) is 22.4 Å². The molecule has 0 spiro atoms. The van der Waals surface area contributed by atoms with Crippen molar-refractivity contribution >= 4 is 11.7 Å². The van der Waals surface area contributed by atoms with Crippen molar-refractivity contribution in [3.63, 3.8) is 0 Å². The summed E-state index contributed by atoms with van der Waals surface area (Å²) in [6, 6.07) is 5.25. The maximum absolute atomic E-state index is 11.7. The summed E-state index contributed by atoms with van der Waals surface area (Å²) in [5.74, 6) is 0.362. The largest absolute Gasteiger partial charge is 0.315 e. The number of amides is 1. The van der Waals surface area contributed by atoms with Crippen molar-refractivity contribution < 1.29 is 4.79 Å². The highest BCUT2D eigenvalue weighted by Crippen LogP contribution is 2.25. The highest BCUT2D eigenvalue weighted by Gasteiger charge is 2.10. The third-order valence-electron chi connectivity index (χ3n) is 3.29. The molecule has 5 heteroatoms. The van der Waals surface area contributed by atoms with Gasteiger partial charge in [-0.3, -0.25) is 9.59 Å². The van der Waals surface area contributed by atoms with Crippen LogP contribution in [-0.4, -0.2) is 15.5 Å². The maximum atomic E-state index is 11.7. The van der Waals surface area contributed by atoms with E-state index in [9.17, 15) is 9.59 Å². The second kappa shape index (κ2) is 5.28. The lowest BCUT2D eigenvalue weighted by atomic mass is 10.0. The summed E-state index contributed by atoms with van der Waals surface area (Å²) < 4.78 is 1.62. The minimum atomic E-state index is -0.153. The van der Waals surface area contributed by atoms with Gasteiger partial charge in [0.1, 0.15) is 5.82 Å². The van der Waals surface area contributed by atoms with E-state index in [2.05, 4.69) is 10.3 Å². The van der Waals surface area contributed by atoms with Crippen molar-refractivity contribution in [3.05, 3.63) is 46.0 Å². The van der Waals surface area contributed by atoms with Gasteiger partial charge in [-0.15, -0.1) is 0 Å². The molecule has 2 aromatic rings. The summed E-state index contributed by atoms with van der Waals surface area (Å²) in [4.78, 5) is 26.9. The fourth-order valence-electron chi connectivity index (χ4n) is 2.21. The van der Waals surface area contributed by atoms with E-state index in [0.29, 0.717) is 5.82 Å². The number of pyridine rings is 2. The Hall–Kier alpha value is -2.43. The fourth-order valence-corrected chi connectivity index (χ4v) is 2.21. The zero-order valence-electron chi connectivity index (χ0n) is 12.0. The van der Waals surface area contributed by atoms with Gasteiger partial charge in [0.25, 0.3) is 5.56 Å². The molecule has 0 aliphatic carbocycles. The molecule has 0 aromatic carbocycles. The van der Waals surface area contributed by atoms with Crippen LogP contribution in [0.1, 0.15) is 18.2 Å². The standard InChI is InChI=1S/C15H17N3O2/c1-9-7-14(20)18(4)10(2)15(9)12-5-6-13(16-8-12)17-11(3)19/h5-8H,1-4H3,(H,16,17,19). The number of anilines is 1. The first kappa shape index (κ1) is 14.0. The third kappa shape index (κ3) is 2.61. The van der Waals surface area contributed by atoms with Gasteiger partial charge in [-0.25, -0.2) is 4.98 Å². The van der Waals surface area contributed by atoms with Crippen LogP contribution >= 0.6 is 0 Å². The van der Waals surface area contributed by atoms with E-state index in [1.165, 1.54) is 6.92 Å². The Morgan fingerprint density at radius 2 is 2.00 bits per heavy atom. The number of aromatic nitrogens is 2. The molecule has 0 saturated carbocycles. The van der Waals surface area contributed by atoms with Gasteiger partial charge >= 0.3 is 0 Å². The highest BCUT2D eigenvalue weighted by molar-refractivity contribution is 5.87. The van der Waals surface area contributed by atoms with Crippen molar-refractivity contribution in [1.29, 1.82) is 0 Å². The molecule has 0 saturated heterocycles. The van der Waals surface area contributed by atoms with Crippen LogP contribution in [0.25, 0.3) is 11.1 Å². The van der Waals surface area contributed by atoms with Crippen LogP contribution in [-0.2, 0) is 11.8 Å². The minimum absolute atomic E-state index is 0.0217. The summed E-state index contributed by atoms with van der Waals surface area (Å²) >= 11 is 0. The highest BCUT2D eigenvalue weighted by atomic mass is 16.1. The van der Waals surface area contributed by atoms with Gasteiger partial charge in [-0.1, -0.05) is 0 Å².